The fraction of sp³-hybridized carbons (Fsp3) is 0.0833. The molecule has 5 nitrogen and oxygen atoms in total. The van der Waals surface area contributed by atoms with Crippen molar-refractivity contribution in [3.63, 3.8) is 0 Å². The van der Waals surface area contributed by atoms with Gasteiger partial charge in [0.15, 0.2) is 0 Å². The van der Waals surface area contributed by atoms with Gasteiger partial charge in [0.1, 0.15) is 4.21 Å². The number of aliphatic carboxylic acids is 1. The molecule has 2 aromatic rings. The third-order valence-corrected chi connectivity index (χ3v) is 6.18. The predicted octanol–water partition coefficient (Wildman–Crippen LogP) is 3.48. The summed E-state index contributed by atoms with van der Waals surface area (Å²) in [6, 6.07) is 7.41. The number of anilines is 1. The SMILES string of the molecule is O=C(O)Cc1ccc(S(=O)(=O)Nc2cccc(Cl)c2Cl)s1. The van der Waals surface area contributed by atoms with E-state index in [-0.39, 0.29) is 26.4 Å². The maximum atomic E-state index is 12.2. The zero-order valence-corrected chi connectivity index (χ0v) is 13.5. The lowest BCUT2D eigenvalue weighted by Crippen LogP contribution is -2.11. The zero-order valence-electron chi connectivity index (χ0n) is 10.3. The maximum absolute atomic E-state index is 12.2. The van der Waals surface area contributed by atoms with Crippen LogP contribution in [0.25, 0.3) is 0 Å². The van der Waals surface area contributed by atoms with Crippen LogP contribution in [-0.4, -0.2) is 19.5 Å². The Labute approximate surface area is 135 Å². The minimum atomic E-state index is -3.84. The van der Waals surface area contributed by atoms with Crippen LogP contribution in [-0.2, 0) is 21.2 Å². The Balaban J connectivity index is 2.28. The molecule has 9 heteroatoms. The van der Waals surface area contributed by atoms with Crippen LogP contribution in [0.2, 0.25) is 10.0 Å². The number of hydrogen-bond acceptors (Lipinski definition) is 4. The summed E-state index contributed by atoms with van der Waals surface area (Å²) in [6.07, 6.45) is -0.224. The molecule has 1 heterocycles. The van der Waals surface area contributed by atoms with Crippen molar-refractivity contribution in [2.24, 2.45) is 0 Å². The van der Waals surface area contributed by atoms with Crippen LogP contribution in [0.1, 0.15) is 4.88 Å². The van der Waals surface area contributed by atoms with Gasteiger partial charge in [-0.3, -0.25) is 9.52 Å². The first-order valence-electron chi connectivity index (χ1n) is 5.57. The number of benzene rings is 1. The lowest BCUT2D eigenvalue weighted by Gasteiger charge is -2.08. The van der Waals surface area contributed by atoms with Gasteiger partial charge in [0.2, 0.25) is 0 Å². The Morgan fingerprint density at radius 1 is 1.24 bits per heavy atom. The third-order valence-electron chi connectivity index (χ3n) is 2.42. The molecule has 0 saturated carbocycles. The van der Waals surface area contributed by atoms with Gasteiger partial charge in [-0.05, 0) is 24.3 Å². The molecule has 0 fully saturated rings. The van der Waals surface area contributed by atoms with Gasteiger partial charge >= 0.3 is 5.97 Å². The van der Waals surface area contributed by atoms with Gasteiger partial charge in [-0.25, -0.2) is 8.42 Å². The van der Waals surface area contributed by atoms with Gasteiger partial charge in [-0.2, -0.15) is 0 Å². The molecule has 0 saturated heterocycles. The number of thiophene rings is 1. The van der Waals surface area contributed by atoms with E-state index in [0.717, 1.165) is 11.3 Å². The minimum absolute atomic E-state index is 0.00907. The lowest BCUT2D eigenvalue weighted by atomic mass is 10.3. The van der Waals surface area contributed by atoms with Gasteiger partial charge < -0.3 is 5.11 Å². The van der Waals surface area contributed by atoms with Crippen LogP contribution in [0.4, 0.5) is 5.69 Å². The summed E-state index contributed by atoms with van der Waals surface area (Å²) >= 11 is 12.6. The highest BCUT2D eigenvalue weighted by molar-refractivity contribution is 7.94. The first kappa shape index (κ1) is 16.1. The summed E-state index contributed by atoms with van der Waals surface area (Å²) in [7, 11) is -3.84. The Hall–Kier alpha value is -1.28. The van der Waals surface area contributed by atoms with Crippen molar-refractivity contribution < 1.29 is 18.3 Å². The molecule has 0 aliphatic heterocycles. The summed E-state index contributed by atoms with van der Waals surface area (Å²) in [6.45, 7) is 0. The van der Waals surface area contributed by atoms with Gasteiger partial charge in [-0.1, -0.05) is 29.3 Å². The normalized spacial score (nSPS) is 11.3. The number of carbonyl (C=O) groups is 1. The minimum Gasteiger partial charge on any atom is -0.481 e. The first-order valence-corrected chi connectivity index (χ1v) is 8.62. The number of nitrogens with one attached hydrogen (secondary N) is 1. The van der Waals surface area contributed by atoms with Crippen molar-refractivity contribution in [3.8, 4) is 0 Å². The van der Waals surface area contributed by atoms with Crippen LogP contribution in [0.15, 0.2) is 34.5 Å². The average molecular weight is 366 g/mol. The maximum Gasteiger partial charge on any atom is 0.308 e. The molecular formula is C12H9Cl2NO4S2. The molecule has 1 aromatic heterocycles. The van der Waals surface area contributed by atoms with E-state index in [0.29, 0.717) is 4.88 Å². The topological polar surface area (TPSA) is 83.5 Å². The molecule has 2 rings (SSSR count). The van der Waals surface area contributed by atoms with Crippen LogP contribution in [0.5, 0.6) is 0 Å². The summed E-state index contributed by atoms with van der Waals surface area (Å²) in [5, 5.41) is 9.02. The van der Waals surface area contributed by atoms with Crippen molar-refractivity contribution >= 4 is 56.2 Å². The van der Waals surface area contributed by atoms with E-state index >= 15 is 0 Å². The Kier molecular flexibility index (Phi) is 4.77. The molecule has 0 amide bonds. The predicted molar refractivity (Wildman–Crippen MR) is 82.9 cm³/mol. The van der Waals surface area contributed by atoms with Crippen LogP contribution < -0.4 is 4.72 Å². The smallest absolute Gasteiger partial charge is 0.308 e. The number of hydrogen-bond donors (Lipinski definition) is 2. The number of halogens is 2. The second-order valence-electron chi connectivity index (χ2n) is 4.00. The third kappa shape index (κ3) is 3.88. The molecule has 0 bridgehead atoms. The van der Waals surface area contributed by atoms with Gasteiger partial charge in [-0.15, -0.1) is 11.3 Å². The van der Waals surface area contributed by atoms with E-state index in [2.05, 4.69) is 4.72 Å². The van der Waals surface area contributed by atoms with E-state index < -0.39 is 16.0 Å². The highest BCUT2D eigenvalue weighted by Gasteiger charge is 2.19. The highest BCUT2D eigenvalue weighted by atomic mass is 35.5. The highest BCUT2D eigenvalue weighted by Crippen LogP contribution is 2.32. The molecule has 0 unspecified atom stereocenters. The van der Waals surface area contributed by atoms with Crippen molar-refractivity contribution in [3.05, 3.63) is 45.3 Å². The summed E-state index contributed by atoms with van der Waals surface area (Å²) in [4.78, 5) is 11.1. The molecule has 0 aliphatic rings. The number of rotatable bonds is 5. The van der Waals surface area contributed by atoms with E-state index in [1.807, 2.05) is 0 Å². The average Bonchev–Trinajstić information content (AvgIpc) is 2.83. The molecule has 0 radical (unpaired) electrons. The van der Waals surface area contributed by atoms with E-state index in [1.54, 1.807) is 6.07 Å². The number of sulfonamides is 1. The van der Waals surface area contributed by atoms with Crippen LogP contribution in [0.3, 0.4) is 0 Å². The molecule has 1 aromatic carbocycles. The van der Waals surface area contributed by atoms with E-state index in [1.165, 1.54) is 24.3 Å². The molecule has 0 atom stereocenters. The molecule has 21 heavy (non-hydrogen) atoms. The van der Waals surface area contributed by atoms with Crippen molar-refractivity contribution in [1.82, 2.24) is 0 Å². The molecular weight excluding hydrogens is 357 g/mol. The Morgan fingerprint density at radius 3 is 2.62 bits per heavy atom. The monoisotopic (exact) mass is 365 g/mol. The molecule has 0 aliphatic carbocycles. The zero-order chi connectivity index (χ0) is 15.6. The van der Waals surface area contributed by atoms with Crippen LogP contribution in [0, 0.1) is 0 Å². The van der Waals surface area contributed by atoms with Crippen molar-refractivity contribution in [1.29, 1.82) is 0 Å². The largest absolute Gasteiger partial charge is 0.481 e. The van der Waals surface area contributed by atoms with Gasteiger partial charge in [0.05, 0.1) is 22.2 Å². The number of carboxylic acid groups (broad SMARTS) is 1. The lowest BCUT2D eigenvalue weighted by molar-refractivity contribution is -0.136. The molecule has 2 N–H and O–H groups in total. The quantitative estimate of drug-likeness (QED) is 0.849. The number of carboxylic acids is 1. The molecule has 112 valence electrons. The van der Waals surface area contributed by atoms with Crippen molar-refractivity contribution in [2.45, 2.75) is 10.6 Å². The fourth-order valence-corrected chi connectivity index (χ4v) is 4.35. The molecule has 0 spiro atoms. The van der Waals surface area contributed by atoms with Crippen LogP contribution >= 0.6 is 34.5 Å². The summed E-state index contributed by atoms with van der Waals surface area (Å²) in [5.41, 5.74) is 0.164. The first-order chi connectivity index (χ1) is 9.79. The van der Waals surface area contributed by atoms with E-state index in [9.17, 15) is 13.2 Å². The Bertz CT molecular complexity index is 786. The second-order valence-corrected chi connectivity index (χ2v) is 7.86. The van der Waals surface area contributed by atoms with Crippen molar-refractivity contribution in [2.75, 3.05) is 4.72 Å². The van der Waals surface area contributed by atoms with Gasteiger partial charge in [0.25, 0.3) is 10.0 Å². The summed E-state index contributed by atoms with van der Waals surface area (Å²) in [5.74, 6) is -1.02. The fourth-order valence-electron chi connectivity index (χ4n) is 1.52. The van der Waals surface area contributed by atoms with E-state index in [4.69, 9.17) is 28.3 Å². The second kappa shape index (κ2) is 6.23. The van der Waals surface area contributed by atoms with Gasteiger partial charge in [0, 0.05) is 4.88 Å². The standard InChI is InChI=1S/C12H9Cl2NO4S2/c13-8-2-1-3-9(12(8)14)15-21(18,19)11-5-4-7(20-11)6-10(16)17/h1-5,15H,6H2,(H,16,17). The summed E-state index contributed by atoms with van der Waals surface area (Å²) < 4.78 is 26.8. The Morgan fingerprint density at radius 2 is 1.95 bits per heavy atom.